The number of rotatable bonds is 1. The molecule has 0 spiro atoms. The first kappa shape index (κ1) is 8.55. The molecule has 0 bridgehead atoms. The maximum atomic E-state index is 5.65. The topological polar surface area (TPSA) is 82.8 Å². The zero-order valence-electron chi connectivity index (χ0n) is 7.81. The molecule has 0 aliphatic rings. The second kappa shape index (κ2) is 3.02. The van der Waals surface area contributed by atoms with E-state index in [0.29, 0.717) is 5.82 Å². The van der Waals surface area contributed by atoms with E-state index in [1.54, 1.807) is 0 Å². The fourth-order valence-corrected chi connectivity index (χ4v) is 1.28. The minimum absolute atomic E-state index is 0.210. The van der Waals surface area contributed by atoms with E-state index in [4.69, 9.17) is 11.6 Å². The minimum Gasteiger partial charge on any atom is -0.366 e. The highest BCUT2D eigenvalue weighted by molar-refractivity contribution is 5.57. The average molecular weight is 189 g/mol. The first-order valence-corrected chi connectivity index (χ1v) is 4.21. The molecule has 0 radical (unpaired) electrons. The lowest BCUT2D eigenvalue weighted by Gasteiger charge is -2.01. The molecular formula is C9H11N5. The molecule has 0 saturated carbocycles. The number of anilines is 1. The van der Waals surface area contributed by atoms with E-state index < -0.39 is 0 Å². The van der Waals surface area contributed by atoms with Crippen LogP contribution in [0.5, 0.6) is 0 Å². The van der Waals surface area contributed by atoms with Gasteiger partial charge in [0.15, 0.2) is 5.82 Å². The Hall–Kier alpha value is -2.04. The Morgan fingerprint density at radius 2 is 2.07 bits per heavy atom. The predicted octanol–water partition coefficient (Wildman–Crippen LogP) is 0.550. The molecule has 14 heavy (non-hydrogen) atoms. The maximum Gasteiger partial charge on any atom is 0.241 e. The summed E-state index contributed by atoms with van der Waals surface area (Å²) in [7, 11) is 0. The molecule has 0 fully saturated rings. The van der Waals surface area contributed by atoms with Crippen molar-refractivity contribution in [2.24, 2.45) is 0 Å². The summed E-state index contributed by atoms with van der Waals surface area (Å²) in [6.07, 6.45) is 0. The molecule has 0 amide bonds. The number of benzene rings is 1. The number of nitrogens with zero attached hydrogens (tertiary/aromatic N) is 3. The van der Waals surface area contributed by atoms with Gasteiger partial charge in [0.25, 0.3) is 0 Å². The number of nitrogens with two attached hydrogens (primary N) is 2. The van der Waals surface area contributed by atoms with Gasteiger partial charge in [0.1, 0.15) is 0 Å². The van der Waals surface area contributed by atoms with Crippen molar-refractivity contribution in [1.29, 1.82) is 0 Å². The number of hydrogen-bond acceptors (Lipinski definition) is 4. The van der Waals surface area contributed by atoms with Gasteiger partial charge in [0.05, 0.1) is 0 Å². The van der Waals surface area contributed by atoms with E-state index in [0.717, 1.165) is 11.1 Å². The Kier molecular flexibility index (Phi) is 1.85. The standard InChI is InChI=1S/C9H11N5/c1-6-3-2-4-7(5-6)8-12-13-9(10)14(8)11/h2-5H,11H2,1H3,(H2,10,13). The summed E-state index contributed by atoms with van der Waals surface area (Å²) in [4.78, 5) is 0. The van der Waals surface area contributed by atoms with Gasteiger partial charge in [-0.1, -0.05) is 23.8 Å². The number of nitrogen functional groups attached to an aromatic ring is 2. The van der Waals surface area contributed by atoms with Crippen LogP contribution in [0.1, 0.15) is 5.56 Å². The summed E-state index contributed by atoms with van der Waals surface area (Å²) in [6, 6.07) is 7.84. The first-order chi connectivity index (χ1) is 6.68. The normalized spacial score (nSPS) is 10.4. The van der Waals surface area contributed by atoms with Gasteiger partial charge in [0, 0.05) is 5.56 Å². The van der Waals surface area contributed by atoms with Gasteiger partial charge >= 0.3 is 0 Å². The highest BCUT2D eigenvalue weighted by Crippen LogP contribution is 2.17. The predicted molar refractivity (Wildman–Crippen MR) is 54.8 cm³/mol. The van der Waals surface area contributed by atoms with Gasteiger partial charge < -0.3 is 11.6 Å². The zero-order chi connectivity index (χ0) is 10.1. The van der Waals surface area contributed by atoms with E-state index in [2.05, 4.69) is 10.2 Å². The van der Waals surface area contributed by atoms with E-state index >= 15 is 0 Å². The summed E-state index contributed by atoms with van der Waals surface area (Å²) in [5, 5.41) is 7.58. The third-order valence-corrected chi connectivity index (χ3v) is 2.00. The summed E-state index contributed by atoms with van der Waals surface area (Å²) < 4.78 is 1.27. The van der Waals surface area contributed by atoms with Crippen LogP contribution < -0.4 is 11.6 Å². The number of aryl methyl sites for hydroxylation is 1. The van der Waals surface area contributed by atoms with E-state index in [1.165, 1.54) is 4.68 Å². The van der Waals surface area contributed by atoms with Gasteiger partial charge in [-0.25, -0.2) is 4.68 Å². The number of aromatic nitrogens is 3. The minimum atomic E-state index is 0.210. The van der Waals surface area contributed by atoms with Crippen molar-refractivity contribution in [3.63, 3.8) is 0 Å². The highest BCUT2D eigenvalue weighted by Gasteiger charge is 2.08. The van der Waals surface area contributed by atoms with Crippen molar-refractivity contribution >= 4 is 5.95 Å². The van der Waals surface area contributed by atoms with Gasteiger partial charge in [-0.15, -0.1) is 10.2 Å². The molecule has 0 atom stereocenters. The van der Waals surface area contributed by atoms with Crippen molar-refractivity contribution in [3.8, 4) is 11.4 Å². The molecule has 5 nitrogen and oxygen atoms in total. The molecule has 4 N–H and O–H groups in total. The molecule has 1 aromatic carbocycles. The summed E-state index contributed by atoms with van der Waals surface area (Å²) in [6.45, 7) is 2.00. The lowest BCUT2D eigenvalue weighted by Crippen LogP contribution is -2.13. The molecule has 2 rings (SSSR count). The van der Waals surface area contributed by atoms with Crippen molar-refractivity contribution in [2.75, 3.05) is 11.6 Å². The third-order valence-electron chi connectivity index (χ3n) is 2.00. The second-order valence-electron chi connectivity index (χ2n) is 3.12. The fourth-order valence-electron chi connectivity index (χ4n) is 1.28. The quantitative estimate of drug-likeness (QED) is 0.642. The van der Waals surface area contributed by atoms with E-state index in [1.807, 2.05) is 31.2 Å². The Morgan fingerprint density at radius 1 is 1.29 bits per heavy atom. The van der Waals surface area contributed by atoms with Gasteiger partial charge in [-0.3, -0.25) is 0 Å². The van der Waals surface area contributed by atoms with Gasteiger partial charge in [0.2, 0.25) is 5.95 Å². The molecule has 0 unspecified atom stereocenters. The van der Waals surface area contributed by atoms with Crippen molar-refractivity contribution in [2.45, 2.75) is 6.92 Å². The van der Waals surface area contributed by atoms with E-state index in [-0.39, 0.29) is 5.95 Å². The molecule has 1 aromatic heterocycles. The number of hydrogen-bond donors (Lipinski definition) is 2. The average Bonchev–Trinajstić information content (AvgIpc) is 2.48. The van der Waals surface area contributed by atoms with Crippen LogP contribution in [0.4, 0.5) is 5.95 Å². The van der Waals surface area contributed by atoms with Gasteiger partial charge in [-0.05, 0) is 13.0 Å². The van der Waals surface area contributed by atoms with Crippen LogP contribution in [-0.4, -0.2) is 14.9 Å². The fraction of sp³-hybridized carbons (Fsp3) is 0.111. The second-order valence-corrected chi connectivity index (χ2v) is 3.12. The summed E-state index contributed by atoms with van der Waals surface area (Å²) in [5.41, 5.74) is 7.54. The lowest BCUT2D eigenvalue weighted by molar-refractivity contribution is 1.02. The van der Waals surface area contributed by atoms with Crippen LogP contribution in [0.25, 0.3) is 11.4 Å². The highest BCUT2D eigenvalue weighted by atomic mass is 15.4. The Bertz CT molecular complexity index is 460. The molecule has 0 saturated heterocycles. The van der Waals surface area contributed by atoms with Crippen LogP contribution in [0.15, 0.2) is 24.3 Å². The smallest absolute Gasteiger partial charge is 0.241 e. The van der Waals surface area contributed by atoms with Crippen LogP contribution >= 0.6 is 0 Å². The Morgan fingerprint density at radius 3 is 2.64 bits per heavy atom. The summed E-state index contributed by atoms with van der Waals surface area (Å²) in [5.74, 6) is 6.44. The molecule has 72 valence electrons. The zero-order valence-corrected chi connectivity index (χ0v) is 7.81. The van der Waals surface area contributed by atoms with Gasteiger partial charge in [-0.2, -0.15) is 0 Å². The SMILES string of the molecule is Cc1cccc(-c2nnc(N)n2N)c1. The monoisotopic (exact) mass is 189 g/mol. The Labute approximate surface area is 81.3 Å². The van der Waals surface area contributed by atoms with Crippen LogP contribution in [-0.2, 0) is 0 Å². The van der Waals surface area contributed by atoms with E-state index in [9.17, 15) is 0 Å². The largest absolute Gasteiger partial charge is 0.366 e. The molecule has 1 heterocycles. The molecule has 0 aliphatic carbocycles. The third kappa shape index (κ3) is 1.28. The van der Waals surface area contributed by atoms with Crippen molar-refractivity contribution in [3.05, 3.63) is 29.8 Å². The molecule has 0 aliphatic heterocycles. The first-order valence-electron chi connectivity index (χ1n) is 4.21. The van der Waals surface area contributed by atoms with Crippen molar-refractivity contribution < 1.29 is 0 Å². The van der Waals surface area contributed by atoms with Crippen LogP contribution in [0, 0.1) is 6.92 Å². The molecule has 5 heteroatoms. The van der Waals surface area contributed by atoms with Crippen molar-refractivity contribution in [1.82, 2.24) is 14.9 Å². The molecular weight excluding hydrogens is 178 g/mol. The molecule has 2 aromatic rings. The summed E-state index contributed by atoms with van der Waals surface area (Å²) >= 11 is 0. The van der Waals surface area contributed by atoms with Crippen LogP contribution in [0.2, 0.25) is 0 Å². The Balaban J connectivity index is 2.55. The lowest BCUT2D eigenvalue weighted by atomic mass is 10.1. The maximum absolute atomic E-state index is 5.65. The van der Waals surface area contributed by atoms with Crippen LogP contribution in [0.3, 0.4) is 0 Å².